The predicted octanol–water partition coefficient (Wildman–Crippen LogP) is 4.19. The van der Waals surface area contributed by atoms with Gasteiger partial charge in [0, 0.05) is 22.8 Å². The van der Waals surface area contributed by atoms with Crippen LogP contribution >= 0.6 is 0 Å². The fraction of sp³-hybridized carbons (Fsp3) is 0.118. The first-order valence-corrected chi connectivity index (χ1v) is 6.81. The van der Waals surface area contributed by atoms with Crippen LogP contribution in [0.2, 0.25) is 0 Å². The zero-order valence-electron chi connectivity index (χ0n) is 12.1. The van der Waals surface area contributed by atoms with E-state index in [1.165, 1.54) is 30.5 Å². The molecule has 0 atom stereocenters. The van der Waals surface area contributed by atoms with Crippen molar-refractivity contribution in [1.29, 1.82) is 0 Å². The lowest BCUT2D eigenvalue weighted by Gasteiger charge is -2.12. The molecule has 1 aromatic carbocycles. The summed E-state index contributed by atoms with van der Waals surface area (Å²) in [7, 11) is 0. The highest BCUT2D eigenvalue weighted by atomic mass is 19.4. The zero-order valence-corrected chi connectivity index (χ0v) is 12.1. The molecule has 0 aliphatic heterocycles. The molecule has 0 fully saturated rings. The minimum atomic E-state index is -4.54. The Labute approximate surface area is 129 Å². The summed E-state index contributed by atoms with van der Waals surface area (Å²) in [6.07, 6.45) is -3.07. The summed E-state index contributed by atoms with van der Waals surface area (Å²) >= 11 is 0. The van der Waals surface area contributed by atoms with Crippen molar-refractivity contribution < 1.29 is 18.0 Å². The van der Waals surface area contributed by atoms with Crippen LogP contribution in [0.1, 0.15) is 27.3 Å². The molecule has 0 aliphatic rings. The number of halogens is 3. The minimum absolute atomic E-state index is 0.164. The molecule has 0 amide bonds. The van der Waals surface area contributed by atoms with Crippen LogP contribution in [0.5, 0.6) is 0 Å². The van der Waals surface area contributed by atoms with Gasteiger partial charge in [-0.1, -0.05) is 18.2 Å². The van der Waals surface area contributed by atoms with E-state index < -0.39 is 17.5 Å². The van der Waals surface area contributed by atoms with Crippen molar-refractivity contribution in [3.63, 3.8) is 0 Å². The molecule has 0 saturated carbocycles. The Kier molecular flexibility index (Phi) is 3.60. The smallest absolute Gasteiger partial charge is 0.287 e. The summed E-state index contributed by atoms with van der Waals surface area (Å²) in [5.74, 6) is -0.430. The lowest BCUT2D eigenvalue weighted by Crippen LogP contribution is -2.10. The molecule has 6 heteroatoms. The van der Waals surface area contributed by atoms with Crippen LogP contribution in [-0.4, -0.2) is 15.8 Å². The molecule has 3 nitrogen and oxygen atoms in total. The van der Waals surface area contributed by atoms with Crippen molar-refractivity contribution >= 4 is 16.7 Å². The Bertz CT molecular complexity index is 889. The lowest BCUT2D eigenvalue weighted by atomic mass is 9.99. The van der Waals surface area contributed by atoms with Gasteiger partial charge in [0.1, 0.15) is 5.69 Å². The summed E-state index contributed by atoms with van der Waals surface area (Å²) < 4.78 is 39.5. The molecule has 0 saturated heterocycles. The van der Waals surface area contributed by atoms with E-state index in [-0.39, 0.29) is 22.2 Å². The highest BCUT2D eigenvalue weighted by Gasteiger charge is 2.33. The number of aryl methyl sites for hydroxylation is 1. The van der Waals surface area contributed by atoms with Crippen LogP contribution in [0.25, 0.3) is 10.9 Å². The number of carbonyl (C=O) groups excluding carboxylic acids is 1. The predicted molar refractivity (Wildman–Crippen MR) is 79.2 cm³/mol. The van der Waals surface area contributed by atoms with E-state index in [0.717, 1.165) is 6.07 Å². The molecule has 0 bridgehead atoms. The van der Waals surface area contributed by atoms with Gasteiger partial charge in [0.05, 0.1) is 11.1 Å². The molecule has 2 heterocycles. The monoisotopic (exact) mass is 316 g/mol. The first-order valence-electron chi connectivity index (χ1n) is 6.81. The molecular weight excluding hydrogens is 305 g/mol. The number of benzene rings is 1. The second-order valence-electron chi connectivity index (χ2n) is 5.05. The van der Waals surface area contributed by atoms with Gasteiger partial charge >= 0.3 is 6.18 Å². The summed E-state index contributed by atoms with van der Waals surface area (Å²) in [5, 5.41) is 0.168. The third-order valence-corrected chi connectivity index (χ3v) is 3.42. The Hall–Kier alpha value is -2.76. The van der Waals surface area contributed by atoms with Gasteiger partial charge in [-0.25, -0.2) is 0 Å². The fourth-order valence-corrected chi connectivity index (χ4v) is 2.43. The van der Waals surface area contributed by atoms with Gasteiger partial charge in [-0.15, -0.1) is 0 Å². The molecule has 0 N–H and O–H groups in total. The van der Waals surface area contributed by atoms with Crippen molar-refractivity contribution in [2.75, 3.05) is 0 Å². The van der Waals surface area contributed by atoms with Crippen LogP contribution < -0.4 is 0 Å². The van der Waals surface area contributed by atoms with Crippen LogP contribution in [-0.2, 0) is 6.18 Å². The van der Waals surface area contributed by atoms with Crippen LogP contribution in [0, 0.1) is 6.92 Å². The number of alkyl halides is 3. The molecule has 23 heavy (non-hydrogen) atoms. The lowest BCUT2D eigenvalue weighted by molar-refractivity contribution is -0.136. The van der Waals surface area contributed by atoms with Gasteiger partial charge in [-0.05, 0) is 31.2 Å². The summed E-state index contributed by atoms with van der Waals surface area (Å²) in [5.41, 5.74) is -0.393. The molecular formula is C17H11F3N2O. The van der Waals surface area contributed by atoms with Crippen molar-refractivity contribution in [2.45, 2.75) is 13.1 Å². The number of nitrogens with zero attached hydrogens (tertiary/aromatic N) is 2. The van der Waals surface area contributed by atoms with Gasteiger partial charge in [-0.3, -0.25) is 14.8 Å². The third kappa shape index (κ3) is 2.79. The van der Waals surface area contributed by atoms with Crippen LogP contribution in [0.3, 0.4) is 0 Å². The number of rotatable bonds is 2. The maximum absolute atomic E-state index is 13.2. The second kappa shape index (κ2) is 5.46. The molecule has 0 unspecified atom stereocenters. The molecule has 0 aliphatic carbocycles. The number of fused-ring (bicyclic) bond motifs is 1. The molecule has 2 aromatic heterocycles. The highest BCUT2D eigenvalue weighted by Crippen LogP contribution is 2.35. The third-order valence-electron chi connectivity index (χ3n) is 3.42. The van der Waals surface area contributed by atoms with Gasteiger partial charge in [0.2, 0.25) is 5.78 Å². The normalized spacial score (nSPS) is 11.7. The van der Waals surface area contributed by atoms with E-state index >= 15 is 0 Å². The Morgan fingerprint density at radius 1 is 1.09 bits per heavy atom. The maximum atomic E-state index is 13.2. The van der Waals surface area contributed by atoms with Gasteiger partial charge in [0.15, 0.2) is 0 Å². The number of aromatic nitrogens is 2. The molecule has 3 aromatic rings. The quantitative estimate of drug-likeness (QED) is 0.666. The number of carbonyl (C=O) groups is 1. The van der Waals surface area contributed by atoms with E-state index in [9.17, 15) is 18.0 Å². The Morgan fingerprint density at radius 2 is 1.87 bits per heavy atom. The van der Waals surface area contributed by atoms with Crippen molar-refractivity contribution in [3.8, 4) is 0 Å². The van der Waals surface area contributed by atoms with E-state index in [2.05, 4.69) is 9.97 Å². The Balaban J connectivity index is 2.29. The highest BCUT2D eigenvalue weighted by molar-refractivity contribution is 6.15. The van der Waals surface area contributed by atoms with E-state index in [4.69, 9.17) is 0 Å². The zero-order chi connectivity index (χ0) is 16.6. The number of hydrogen-bond acceptors (Lipinski definition) is 3. The Morgan fingerprint density at radius 3 is 2.52 bits per heavy atom. The molecule has 0 spiro atoms. The van der Waals surface area contributed by atoms with E-state index in [1.807, 2.05) is 0 Å². The SMILES string of the molecule is Cc1cc(C(=O)c2ccccn2)c2cccc(C(F)(F)F)c2n1. The summed E-state index contributed by atoms with van der Waals surface area (Å²) in [6, 6.07) is 10.0. The number of ketones is 1. The topological polar surface area (TPSA) is 42.9 Å². The molecule has 116 valence electrons. The average molecular weight is 316 g/mol. The van der Waals surface area contributed by atoms with Gasteiger partial charge < -0.3 is 0 Å². The van der Waals surface area contributed by atoms with Crippen molar-refractivity contribution in [2.24, 2.45) is 0 Å². The number of pyridine rings is 2. The first-order chi connectivity index (χ1) is 10.9. The summed E-state index contributed by atoms with van der Waals surface area (Å²) in [4.78, 5) is 20.6. The molecule has 0 radical (unpaired) electrons. The maximum Gasteiger partial charge on any atom is 0.418 e. The van der Waals surface area contributed by atoms with Crippen LogP contribution in [0.4, 0.5) is 13.2 Å². The average Bonchev–Trinajstić information content (AvgIpc) is 2.52. The van der Waals surface area contributed by atoms with E-state index in [1.54, 1.807) is 19.1 Å². The van der Waals surface area contributed by atoms with Gasteiger partial charge in [-0.2, -0.15) is 13.2 Å². The summed E-state index contributed by atoms with van der Waals surface area (Å²) in [6.45, 7) is 1.56. The number of para-hydroxylation sites is 1. The van der Waals surface area contributed by atoms with Crippen LogP contribution in [0.15, 0.2) is 48.7 Å². The van der Waals surface area contributed by atoms with Crippen molar-refractivity contribution in [1.82, 2.24) is 9.97 Å². The first kappa shape index (κ1) is 15.1. The van der Waals surface area contributed by atoms with Crippen molar-refractivity contribution in [3.05, 3.63) is 71.2 Å². The van der Waals surface area contributed by atoms with Gasteiger partial charge in [0.25, 0.3) is 0 Å². The molecule has 3 rings (SSSR count). The van der Waals surface area contributed by atoms with E-state index in [0.29, 0.717) is 5.69 Å². The standard InChI is InChI=1S/C17H11F3N2O/c1-10-9-12(16(23)14-7-2-3-8-21-14)11-5-4-6-13(15(11)22-10)17(18,19)20/h2-9H,1H3. The second-order valence-corrected chi connectivity index (χ2v) is 5.05. The minimum Gasteiger partial charge on any atom is -0.287 e. The fourth-order valence-electron chi connectivity index (χ4n) is 2.43. The largest absolute Gasteiger partial charge is 0.418 e. The number of hydrogen-bond donors (Lipinski definition) is 0.